The van der Waals surface area contributed by atoms with Gasteiger partial charge in [0.1, 0.15) is 11.5 Å². The molecule has 0 radical (unpaired) electrons. The van der Waals surface area contributed by atoms with Crippen LogP contribution in [0.15, 0.2) is 18.2 Å². The summed E-state index contributed by atoms with van der Waals surface area (Å²) in [6, 6.07) is 3.29. The van der Waals surface area contributed by atoms with E-state index in [1.807, 2.05) is 0 Å². The topological polar surface area (TPSA) is 66.6 Å². The third-order valence-electron chi connectivity index (χ3n) is 2.23. The van der Waals surface area contributed by atoms with E-state index in [1.165, 1.54) is 0 Å². The van der Waals surface area contributed by atoms with Crippen LogP contribution in [0.4, 0.5) is 15.8 Å². The SMILES string of the molecule is CCN(CCO)c1cc(F)ccc1[N+](=O)[O-]. The summed E-state index contributed by atoms with van der Waals surface area (Å²) in [5.74, 6) is -0.531. The fourth-order valence-electron chi connectivity index (χ4n) is 1.47. The van der Waals surface area contributed by atoms with Crippen LogP contribution in [-0.2, 0) is 0 Å². The van der Waals surface area contributed by atoms with Crippen LogP contribution in [0.5, 0.6) is 0 Å². The van der Waals surface area contributed by atoms with Crippen LogP contribution in [-0.4, -0.2) is 29.7 Å². The van der Waals surface area contributed by atoms with Gasteiger partial charge >= 0.3 is 0 Å². The molecule has 0 unspecified atom stereocenters. The maximum Gasteiger partial charge on any atom is 0.292 e. The highest BCUT2D eigenvalue weighted by Crippen LogP contribution is 2.28. The summed E-state index contributed by atoms with van der Waals surface area (Å²) in [6.45, 7) is 2.34. The molecule has 1 N–H and O–H groups in total. The molecule has 1 rings (SSSR count). The number of nitro benzene ring substituents is 1. The Kier molecular flexibility index (Phi) is 4.19. The minimum atomic E-state index is -0.561. The molecule has 0 aliphatic carbocycles. The summed E-state index contributed by atoms with van der Waals surface area (Å²) in [7, 11) is 0. The Labute approximate surface area is 92.3 Å². The molecule has 0 heterocycles. The molecule has 5 nitrogen and oxygen atoms in total. The minimum absolute atomic E-state index is 0.137. The fourth-order valence-corrected chi connectivity index (χ4v) is 1.47. The van der Waals surface area contributed by atoms with Gasteiger partial charge in [-0.05, 0) is 13.0 Å². The zero-order valence-electron chi connectivity index (χ0n) is 8.89. The van der Waals surface area contributed by atoms with Gasteiger partial charge in [-0.25, -0.2) is 4.39 Å². The van der Waals surface area contributed by atoms with Crippen molar-refractivity contribution >= 4 is 11.4 Å². The van der Waals surface area contributed by atoms with E-state index in [0.717, 1.165) is 18.2 Å². The van der Waals surface area contributed by atoms with E-state index < -0.39 is 10.7 Å². The van der Waals surface area contributed by atoms with E-state index >= 15 is 0 Å². The van der Waals surface area contributed by atoms with Crippen LogP contribution in [0, 0.1) is 15.9 Å². The molecule has 0 bridgehead atoms. The number of hydrogen-bond acceptors (Lipinski definition) is 4. The molecule has 0 spiro atoms. The Morgan fingerprint density at radius 2 is 2.25 bits per heavy atom. The van der Waals surface area contributed by atoms with Gasteiger partial charge in [0, 0.05) is 25.2 Å². The summed E-state index contributed by atoms with van der Waals surface area (Å²) < 4.78 is 13.0. The normalized spacial score (nSPS) is 10.2. The van der Waals surface area contributed by atoms with E-state index in [-0.39, 0.29) is 24.5 Å². The predicted molar refractivity (Wildman–Crippen MR) is 58.0 cm³/mol. The summed E-state index contributed by atoms with van der Waals surface area (Å²) in [4.78, 5) is 11.7. The first kappa shape index (κ1) is 12.4. The van der Waals surface area contributed by atoms with E-state index in [9.17, 15) is 14.5 Å². The second-order valence-corrected chi connectivity index (χ2v) is 3.19. The number of benzene rings is 1. The Morgan fingerprint density at radius 3 is 2.75 bits per heavy atom. The number of halogens is 1. The molecule has 0 saturated carbocycles. The van der Waals surface area contributed by atoms with Crippen LogP contribution in [0.1, 0.15) is 6.92 Å². The monoisotopic (exact) mass is 228 g/mol. The standard InChI is InChI=1S/C10H13FN2O3/c1-2-12(5-6-14)10-7-8(11)3-4-9(10)13(15)16/h3-4,7,14H,2,5-6H2,1H3. The van der Waals surface area contributed by atoms with Crippen LogP contribution in [0.25, 0.3) is 0 Å². The Bertz CT molecular complexity index is 384. The Hall–Kier alpha value is -1.69. The second-order valence-electron chi connectivity index (χ2n) is 3.19. The van der Waals surface area contributed by atoms with Crippen LogP contribution >= 0.6 is 0 Å². The molecule has 0 saturated heterocycles. The second kappa shape index (κ2) is 5.41. The molecule has 0 aliphatic rings. The van der Waals surface area contributed by atoms with Crippen LogP contribution < -0.4 is 4.90 Å². The third kappa shape index (κ3) is 2.66. The number of nitro groups is 1. The number of nitrogens with zero attached hydrogens (tertiary/aromatic N) is 2. The molecule has 16 heavy (non-hydrogen) atoms. The molecule has 1 aromatic rings. The van der Waals surface area contributed by atoms with Gasteiger partial charge in [-0.15, -0.1) is 0 Å². The number of rotatable bonds is 5. The van der Waals surface area contributed by atoms with Gasteiger partial charge in [0.25, 0.3) is 5.69 Å². The lowest BCUT2D eigenvalue weighted by Gasteiger charge is -2.21. The van der Waals surface area contributed by atoms with Crippen LogP contribution in [0.3, 0.4) is 0 Å². The summed E-state index contributed by atoms with van der Waals surface area (Å²) in [6.07, 6.45) is 0. The summed E-state index contributed by atoms with van der Waals surface area (Å²) in [5, 5.41) is 19.6. The molecule has 88 valence electrons. The molecule has 0 fully saturated rings. The van der Waals surface area contributed by atoms with Gasteiger partial charge in [-0.1, -0.05) is 0 Å². The molecule has 6 heteroatoms. The van der Waals surface area contributed by atoms with Gasteiger partial charge in [-0.2, -0.15) is 0 Å². The largest absolute Gasteiger partial charge is 0.395 e. The summed E-state index contributed by atoms with van der Waals surface area (Å²) >= 11 is 0. The van der Waals surface area contributed by atoms with E-state index in [0.29, 0.717) is 6.54 Å². The molecular formula is C10H13FN2O3. The van der Waals surface area contributed by atoms with E-state index in [4.69, 9.17) is 5.11 Å². The molecule has 0 atom stereocenters. The fraction of sp³-hybridized carbons (Fsp3) is 0.400. The Balaban J connectivity index is 3.16. The van der Waals surface area contributed by atoms with Gasteiger partial charge in [0.15, 0.2) is 0 Å². The van der Waals surface area contributed by atoms with Gasteiger partial charge in [0.2, 0.25) is 0 Å². The first-order chi connectivity index (χ1) is 7.60. The van der Waals surface area contributed by atoms with Crippen molar-refractivity contribution in [3.8, 4) is 0 Å². The quantitative estimate of drug-likeness (QED) is 0.613. The zero-order chi connectivity index (χ0) is 12.1. The van der Waals surface area contributed by atoms with Crippen molar-refractivity contribution < 1.29 is 14.4 Å². The number of aliphatic hydroxyl groups is 1. The first-order valence-corrected chi connectivity index (χ1v) is 4.90. The zero-order valence-corrected chi connectivity index (χ0v) is 8.89. The Morgan fingerprint density at radius 1 is 1.56 bits per heavy atom. The number of aliphatic hydroxyl groups excluding tert-OH is 1. The maximum atomic E-state index is 13.0. The minimum Gasteiger partial charge on any atom is -0.395 e. The van der Waals surface area contributed by atoms with Crippen molar-refractivity contribution in [3.05, 3.63) is 34.1 Å². The van der Waals surface area contributed by atoms with E-state index in [1.54, 1.807) is 11.8 Å². The van der Waals surface area contributed by atoms with Gasteiger partial charge < -0.3 is 10.0 Å². The lowest BCUT2D eigenvalue weighted by Crippen LogP contribution is -2.27. The lowest BCUT2D eigenvalue weighted by molar-refractivity contribution is -0.384. The van der Waals surface area contributed by atoms with Crippen molar-refractivity contribution in [2.45, 2.75) is 6.92 Å². The smallest absolute Gasteiger partial charge is 0.292 e. The average molecular weight is 228 g/mol. The number of hydrogen-bond donors (Lipinski definition) is 1. The van der Waals surface area contributed by atoms with Crippen molar-refractivity contribution in [2.24, 2.45) is 0 Å². The summed E-state index contributed by atoms with van der Waals surface area (Å²) in [5.41, 5.74) is 0.0400. The molecule has 0 aromatic heterocycles. The maximum absolute atomic E-state index is 13.0. The van der Waals surface area contributed by atoms with Crippen LogP contribution in [0.2, 0.25) is 0 Å². The first-order valence-electron chi connectivity index (χ1n) is 4.90. The van der Waals surface area contributed by atoms with Gasteiger partial charge in [0.05, 0.1) is 11.5 Å². The molecule has 0 aliphatic heterocycles. The van der Waals surface area contributed by atoms with Crippen molar-refractivity contribution in [2.75, 3.05) is 24.6 Å². The molecule has 0 amide bonds. The van der Waals surface area contributed by atoms with Crippen molar-refractivity contribution in [1.29, 1.82) is 0 Å². The molecular weight excluding hydrogens is 215 g/mol. The van der Waals surface area contributed by atoms with E-state index in [2.05, 4.69) is 0 Å². The van der Waals surface area contributed by atoms with Gasteiger partial charge in [-0.3, -0.25) is 10.1 Å². The number of anilines is 1. The highest BCUT2D eigenvalue weighted by atomic mass is 19.1. The predicted octanol–water partition coefficient (Wildman–Crippen LogP) is 1.55. The van der Waals surface area contributed by atoms with Crippen molar-refractivity contribution in [3.63, 3.8) is 0 Å². The highest BCUT2D eigenvalue weighted by molar-refractivity contribution is 5.63. The highest BCUT2D eigenvalue weighted by Gasteiger charge is 2.18. The lowest BCUT2D eigenvalue weighted by atomic mass is 10.2. The third-order valence-corrected chi connectivity index (χ3v) is 2.23. The number of likely N-dealkylation sites (N-methyl/N-ethyl adjacent to an activating group) is 1. The molecule has 1 aromatic carbocycles. The van der Waals surface area contributed by atoms with Crippen molar-refractivity contribution in [1.82, 2.24) is 0 Å². The average Bonchev–Trinajstić information content (AvgIpc) is 2.25.